The van der Waals surface area contributed by atoms with Crippen LogP contribution < -0.4 is 14.4 Å². The highest BCUT2D eigenvalue weighted by molar-refractivity contribution is 7.92. The minimum atomic E-state index is -3.90. The minimum Gasteiger partial charge on any atom is -0.495 e. The fourth-order valence-electron chi connectivity index (χ4n) is 4.61. The van der Waals surface area contributed by atoms with Gasteiger partial charge in [-0.05, 0) is 50.5 Å². The van der Waals surface area contributed by atoms with E-state index < -0.39 is 28.5 Å². The number of benzene rings is 2. The van der Waals surface area contributed by atoms with E-state index in [0.717, 1.165) is 53.8 Å². The largest absolute Gasteiger partial charge is 0.495 e. The highest BCUT2D eigenvalue weighted by Crippen LogP contribution is 2.33. The Bertz CT molecular complexity index is 1210. The molecule has 1 aliphatic carbocycles. The second kappa shape index (κ2) is 12.6. The smallest absolute Gasteiger partial charge is 0.244 e. The molecule has 2 aromatic rings. The van der Waals surface area contributed by atoms with Crippen LogP contribution in [0.25, 0.3) is 0 Å². The first-order valence-electron chi connectivity index (χ1n) is 12.5. The first-order valence-corrected chi connectivity index (χ1v) is 14.7. The molecule has 1 fully saturated rings. The Morgan fingerprint density at radius 1 is 1.14 bits per heavy atom. The summed E-state index contributed by atoms with van der Waals surface area (Å²) in [5, 5.41) is 3.39. The van der Waals surface area contributed by atoms with Crippen molar-refractivity contribution in [3.05, 3.63) is 58.6 Å². The highest BCUT2D eigenvalue weighted by Gasteiger charge is 2.32. The molecule has 202 valence electrons. The van der Waals surface area contributed by atoms with Gasteiger partial charge in [0.25, 0.3) is 0 Å². The van der Waals surface area contributed by atoms with Crippen molar-refractivity contribution in [2.45, 2.75) is 64.6 Å². The van der Waals surface area contributed by atoms with Gasteiger partial charge in [-0.3, -0.25) is 13.9 Å². The van der Waals surface area contributed by atoms with Crippen LogP contribution in [0.5, 0.6) is 5.75 Å². The maximum Gasteiger partial charge on any atom is 0.244 e. The average Bonchev–Trinajstić information content (AvgIpc) is 2.85. The van der Waals surface area contributed by atoms with E-state index >= 15 is 0 Å². The molecule has 2 aromatic carbocycles. The van der Waals surface area contributed by atoms with Gasteiger partial charge in [0.15, 0.2) is 0 Å². The van der Waals surface area contributed by atoms with Crippen LogP contribution in [-0.4, -0.2) is 57.1 Å². The Morgan fingerprint density at radius 3 is 2.46 bits per heavy atom. The number of hydrogen-bond donors (Lipinski definition) is 1. The molecule has 0 saturated heterocycles. The summed E-state index contributed by atoms with van der Waals surface area (Å²) in [5.41, 5.74) is 2.02. The predicted molar refractivity (Wildman–Crippen MR) is 146 cm³/mol. The third-order valence-electron chi connectivity index (χ3n) is 6.64. The monoisotopic (exact) mass is 549 g/mol. The van der Waals surface area contributed by atoms with Crippen LogP contribution in [-0.2, 0) is 26.2 Å². The lowest BCUT2D eigenvalue weighted by molar-refractivity contribution is -0.139. The van der Waals surface area contributed by atoms with Gasteiger partial charge in [0.05, 0.1) is 19.1 Å². The number of anilines is 1. The Labute approximate surface area is 225 Å². The number of methoxy groups -OCH3 is 1. The zero-order valence-corrected chi connectivity index (χ0v) is 23.4. The van der Waals surface area contributed by atoms with Gasteiger partial charge in [0.1, 0.15) is 18.3 Å². The van der Waals surface area contributed by atoms with Gasteiger partial charge in [-0.15, -0.1) is 0 Å². The van der Waals surface area contributed by atoms with Crippen LogP contribution in [0, 0.1) is 6.92 Å². The van der Waals surface area contributed by atoms with Gasteiger partial charge in [-0.1, -0.05) is 60.7 Å². The number of sulfonamides is 1. The number of hydrogen-bond acceptors (Lipinski definition) is 5. The lowest BCUT2D eigenvalue weighted by atomic mass is 9.95. The summed E-state index contributed by atoms with van der Waals surface area (Å²) in [5.74, 6) is -0.504. The molecule has 8 nitrogen and oxygen atoms in total. The first kappa shape index (κ1) is 28.8. The molecule has 1 aliphatic rings. The van der Waals surface area contributed by atoms with E-state index in [1.165, 1.54) is 18.1 Å². The second-order valence-corrected chi connectivity index (χ2v) is 12.0. The molecule has 2 amide bonds. The summed E-state index contributed by atoms with van der Waals surface area (Å²) in [6.45, 7) is 3.27. The van der Waals surface area contributed by atoms with E-state index in [1.807, 2.05) is 31.2 Å². The molecule has 0 bridgehead atoms. The zero-order valence-electron chi connectivity index (χ0n) is 21.9. The molecule has 1 N–H and O–H groups in total. The number of aryl methyl sites for hydroxylation is 1. The quantitative estimate of drug-likeness (QED) is 0.477. The average molecular weight is 550 g/mol. The maximum atomic E-state index is 13.8. The third-order valence-corrected chi connectivity index (χ3v) is 8.00. The molecule has 0 unspecified atom stereocenters. The topological polar surface area (TPSA) is 96.0 Å². The van der Waals surface area contributed by atoms with Gasteiger partial charge >= 0.3 is 0 Å². The summed E-state index contributed by atoms with van der Waals surface area (Å²) < 4.78 is 31.9. The summed E-state index contributed by atoms with van der Waals surface area (Å²) in [4.78, 5) is 28.4. The third kappa shape index (κ3) is 7.85. The molecule has 0 aromatic heterocycles. The van der Waals surface area contributed by atoms with Gasteiger partial charge in [0.2, 0.25) is 21.8 Å². The number of nitrogens with one attached hydrogen (secondary N) is 1. The Kier molecular flexibility index (Phi) is 9.84. The number of rotatable bonds is 10. The van der Waals surface area contributed by atoms with E-state index in [-0.39, 0.29) is 29.9 Å². The number of ether oxygens (including phenoxy) is 1. The highest BCUT2D eigenvalue weighted by atomic mass is 35.5. The van der Waals surface area contributed by atoms with E-state index in [2.05, 4.69) is 5.32 Å². The molecule has 0 heterocycles. The Balaban J connectivity index is 1.92. The van der Waals surface area contributed by atoms with Crippen LogP contribution in [0.4, 0.5) is 5.69 Å². The number of carbonyl (C=O) groups is 2. The number of halogens is 1. The molecule has 1 saturated carbocycles. The van der Waals surface area contributed by atoms with Crippen LogP contribution in [0.1, 0.15) is 50.2 Å². The van der Waals surface area contributed by atoms with Crippen LogP contribution in [0.2, 0.25) is 5.02 Å². The van der Waals surface area contributed by atoms with E-state index in [0.29, 0.717) is 5.02 Å². The fourth-order valence-corrected chi connectivity index (χ4v) is 5.62. The van der Waals surface area contributed by atoms with Gasteiger partial charge in [0, 0.05) is 17.6 Å². The first-order chi connectivity index (χ1) is 17.5. The normalized spacial score (nSPS) is 15.1. The van der Waals surface area contributed by atoms with Crippen molar-refractivity contribution in [1.29, 1.82) is 0 Å². The van der Waals surface area contributed by atoms with Gasteiger partial charge in [-0.25, -0.2) is 8.42 Å². The molecule has 37 heavy (non-hydrogen) atoms. The molecule has 3 rings (SSSR count). The summed E-state index contributed by atoms with van der Waals surface area (Å²) >= 11 is 6.15. The van der Waals surface area contributed by atoms with Crippen LogP contribution in [0.15, 0.2) is 42.5 Å². The SMILES string of the molecule is COc1ccc(Cl)cc1N(CC(=O)N(Cc1cccc(C)c1)[C@H](C)C(=O)NC1CCCCC1)S(C)(=O)=O. The summed E-state index contributed by atoms with van der Waals surface area (Å²) in [6, 6.07) is 11.5. The predicted octanol–water partition coefficient (Wildman–Crippen LogP) is 4.29. The molecule has 0 aliphatic heterocycles. The minimum absolute atomic E-state index is 0.0860. The van der Waals surface area contributed by atoms with E-state index in [1.54, 1.807) is 19.1 Å². The lowest BCUT2D eigenvalue weighted by Gasteiger charge is -2.33. The van der Waals surface area contributed by atoms with Crippen molar-refractivity contribution in [1.82, 2.24) is 10.2 Å². The Hall–Kier alpha value is -2.78. The van der Waals surface area contributed by atoms with Crippen LogP contribution >= 0.6 is 11.6 Å². The second-order valence-electron chi connectivity index (χ2n) is 9.62. The van der Waals surface area contributed by atoms with Crippen molar-refractivity contribution in [2.75, 3.05) is 24.2 Å². The molecule has 10 heteroatoms. The molecular formula is C27H36ClN3O5S. The molecule has 0 spiro atoms. The van der Waals surface area contributed by atoms with E-state index in [9.17, 15) is 18.0 Å². The lowest BCUT2D eigenvalue weighted by Crippen LogP contribution is -2.53. The standard InChI is InChI=1S/C27H36ClN3O5S/c1-19-9-8-10-21(15-19)17-30(20(2)27(33)29-23-11-6-5-7-12-23)26(32)18-31(37(4,34)35)24-16-22(28)13-14-25(24)36-3/h8-10,13-16,20,23H,5-7,11-12,17-18H2,1-4H3,(H,29,33)/t20-/m1/s1. The van der Waals surface area contributed by atoms with Crippen molar-refractivity contribution in [2.24, 2.45) is 0 Å². The number of carbonyl (C=O) groups excluding carboxylic acids is 2. The summed E-state index contributed by atoms with van der Waals surface area (Å²) in [7, 11) is -2.48. The Morgan fingerprint density at radius 2 is 1.84 bits per heavy atom. The maximum absolute atomic E-state index is 13.8. The summed E-state index contributed by atoms with van der Waals surface area (Å²) in [6.07, 6.45) is 6.15. The number of amides is 2. The number of nitrogens with zero attached hydrogens (tertiary/aromatic N) is 2. The molecular weight excluding hydrogens is 514 g/mol. The van der Waals surface area contributed by atoms with Crippen molar-refractivity contribution in [3.8, 4) is 5.75 Å². The van der Waals surface area contributed by atoms with Crippen molar-refractivity contribution >= 4 is 39.1 Å². The van der Waals surface area contributed by atoms with Gasteiger partial charge in [-0.2, -0.15) is 0 Å². The van der Waals surface area contributed by atoms with Crippen LogP contribution in [0.3, 0.4) is 0 Å². The molecule has 0 radical (unpaired) electrons. The van der Waals surface area contributed by atoms with Crippen molar-refractivity contribution < 1.29 is 22.7 Å². The van der Waals surface area contributed by atoms with Crippen molar-refractivity contribution in [3.63, 3.8) is 0 Å². The zero-order chi connectivity index (χ0) is 27.2. The van der Waals surface area contributed by atoms with E-state index in [4.69, 9.17) is 16.3 Å². The van der Waals surface area contributed by atoms with Gasteiger partial charge < -0.3 is 15.0 Å². The molecule has 1 atom stereocenters. The fraction of sp³-hybridized carbons (Fsp3) is 0.481.